The van der Waals surface area contributed by atoms with Gasteiger partial charge in [0, 0.05) is 0 Å². The van der Waals surface area contributed by atoms with Crippen LogP contribution < -0.4 is 0 Å². The molecule has 2 saturated carbocycles. The second-order valence-electron chi connectivity index (χ2n) is 8.49. The lowest BCUT2D eigenvalue weighted by atomic mass is 9.60. The molecule has 1 nitrogen and oxygen atoms in total. The van der Waals surface area contributed by atoms with Crippen LogP contribution >= 0.6 is 0 Å². The third-order valence-corrected chi connectivity index (χ3v) is 6.60. The van der Waals surface area contributed by atoms with Crippen LogP contribution in [0.2, 0.25) is 0 Å². The van der Waals surface area contributed by atoms with Gasteiger partial charge in [0.15, 0.2) is 0 Å². The van der Waals surface area contributed by atoms with Crippen LogP contribution in [0.1, 0.15) is 91.4 Å². The van der Waals surface area contributed by atoms with Gasteiger partial charge < -0.3 is 5.11 Å². The van der Waals surface area contributed by atoms with Gasteiger partial charge in [-0.1, -0.05) is 65.4 Å². The lowest BCUT2D eigenvalue weighted by Gasteiger charge is -2.49. The van der Waals surface area contributed by atoms with E-state index in [-0.39, 0.29) is 0 Å². The van der Waals surface area contributed by atoms with Gasteiger partial charge in [0.05, 0.1) is 5.60 Å². The summed E-state index contributed by atoms with van der Waals surface area (Å²) in [6, 6.07) is 0. The number of hydrogen-bond donors (Lipinski definition) is 1. The molecule has 5 unspecified atom stereocenters. The third kappa shape index (κ3) is 4.16. The summed E-state index contributed by atoms with van der Waals surface area (Å²) in [6.07, 6.45) is 14.2. The van der Waals surface area contributed by atoms with Crippen LogP contribution in [0, 0.1) is 23.7 Å². The molecule has 0 aromatic heterocycles. The van der Waals surface area contributed by atoms with Crippen LogP contribution in [-0.4, -0.2) is 10.7 Å². The van der Waals surface area contributed by atoms with Crippen LogP contribution in [-0.2, 0) is 0 Å². The van der Waals surface area contributed by atoms with E-state index in [0.717, 1.165) is 23.8 Å². The standard InChI is InChI=1S/C21H38O/c1-5-6-7-10-18-12-13-20(21(22,15-18)16(2)3)19-11-8-9-17(4)14-19/h17-20,22H,2,5-15H2,1,3-4H3. The SMILES string of the molecule is C=C(C)C1(O)CC(CCCCC)CCC1C1CCCC(C)C1. The molecule has 1 heteroatoms. The summed E-state index contributed by atoms with van der Waals surface area (Å²) >= 11 is 0. The van der Waals surface area contributed by atoms with Crippen LogP contribution in [0.15, 0.2) is 12.2 Å². The molecule has 22 heavy (non-hydrogen) atoms. The summed E-state index contributed by atoms with van der Waals surface area (Å²) in [5.74, 6) is 2.75. The predicted octanol–water partition coefficient (Wildman–Crippen LogP) is 6.12. The zero-order valence-electron chi connectivity index (χ0n) is 15.2. The summed E-state index contributed by atoms with van der Waals surface area (Å²) in [6.45, 7) is 10.9. The molecule has 5 atom stereocenters. The molecule has 128 valence electrons. The van der Waals surface area contributed by atoms with Gasteiger partial charge in [-0.05, 0) is 61.9 Å². The Labute approximate surface area is 138 Å². The van der Waals surface area contributed by atoms with Gasteiger partial charge in [-0.2, -0.15) is 0 Å². The van der Waals surface area contributed by atoms with Gasteiger partial charge >= 0.3 is 0 Å². The Morgan fingerprint density at radius 3 is 2.59 bits per heavy atom. The van der Waals surface area contributed by atoms with Crippen LogP contribution in [0.25, 0.3) is 0 Å². The molecular formula is C21H38O. The lowest BCUT2D eigenvalue weighted by Crippen LogP contribution is -2.48. The highest BCUT2D eigenvalue weighted by molar-refractivity contribution is 5.15. The van der Waals surface area contributed by atoms with Crippen molar-refractivity contribution in [2.24, 2.45) is 23.7 Å². The van der Waals surface area contributed by atoms with Crippen molar-refractivity contribution in [1.29, 1.82) is 0 Å². The van der Waals surface area contributed by atoms with E-state index in [0.29, 0.717) is 11.8 Å². The highest BCUT2D eigenvalue weighted by Crippen LogP contribution is 2.49. The fraction of sp³-hybridized carbons (Fsp3) is 0.905. The average Bonchev–Trinajstić information content (AvgIpc) is 2.47. The third-order valence-electron chi connectivity index (χ3n) is 6.60. The maximum absolute atomic E-state index is 11.5. The average molecular weight is 307 g/mol. The minimum Gasteiger partial charge on any atom is -0.385 e. The van der Waals surface area contributed by atoms with Crippen molar-refractivity contribution in [1.82, 2.24) is 0 Å². The summed E-state index contributed by atoms with van der Waals surface area (Å²) in [5, 5.41) is 11.5. The smallest absolute Gasteiger partial charge is 0.0884 e. The van der Waals surface area contributed by atoms with Gasteiger partial charge in [-0.3, -0.25) is 0 Å². The van der Waals surface area contributed by atoms with E-state index >= 15 is 0 Å². The Kier molecular flexibility index (Phi) is 6.56. The molecule has 0 amide bonds. The van der Waals surface area contributed by atoms with E-state index in [1.807, 2.05) is 0 Å². The first-order valence-corrected chi connectivity index (χ1v) is 9.85. The Hall–Kier alpha value is -0.300. The van der Waals surface area contributed by atoms with E-state index in [9.17, 15) is 5.11 Å². The molecule has 2 fully saturated rings. The van der Waals surface area contributed by atoms with E-state index in [1.165, 1.54) is 64.2 Å². The van der Waals surface area contributed by atoms with E-state index in [2.05, 4.69) is 27.4 Å². The molecule has 0 aliphatic heterocycles. The normalized spacial score (nSPS) is 39.6. The minimum atomic E-state index is -0.586. The summed E-state index contributed by atoms with van der Waals surface area (Å²) in [4.78, 5) is 0. The van der Waals surface area contributed by atoms with Gasteiger partial charge in [0.1, 0.15) is 0 Å². The fourth-order valence-corrected chi connectivity index (χ4v) is 5.24. The van der Waals surface area contributed by atoms with Crippen molar-refractivity contribution < 1.29 is 5.11 Å². The zero-order chi connectivity index (χ0) is 16.2. The van der Waals surface area contributed by atoms with Crippen LogP contribution in [0.4, 0.5) is 0 Å². The highest BCUT2D eigenvalue weighted by Gasteiger charge is 2.46. The second-order valence-corrected chi connectivity index (χ2v) is 8.49. The van der Waals surface area contributed by atoms with Crippen molar-refractivity contribution in [3.8, 4) is 0 Å². The molecule has 2 aliphatic carbocycles. The first-order valence-electron chi connectivity index (χ1n) is 9.85. The van der Waals surface area contributed by atoms with Crippen molar-refractivity contribution in [3.63, 3.8) is 0 Å². The molecule has 0 radical (unpaired) electrons. The lowest BCUT2D eigenvalue weighted by molar-refractivity contribution is -0.0689. The highest BCUT2D eigenvalue weighted by atomic mass is 16.3. The Balaban J connectivity index is 2.03. The van der Waals surface area contributed by atoms with E-state index in [1.54, 1.807) is 0 Å². The first-order chi connectivity index (χ1) is 10.5. The molecular weight excluding hydrogens is 268 g/mol. The monoisotopic (exact) mass is 306 g/mol. The number of aliphatic hydroxyl groups is 1. The quantitative estimate of drug-likeness (QED) is 0.463. The predicted molar refractivity (Wildman–Crippen MR) is 95.9 cm³/mol. The van der Waals surface area contributed by atoms with Crippen LogP contribution in [0.3, 0.4) is 0 Å². The van der Waals surface area contributed by atoms with Gasteiger partial charge in [-0.25, -0.2) is 0 Å². The molecule has 0 spiro atoms. The maximum atomic E-state index is 11.5. The molecule has 2 rings (SSSR count). The number of hydrogen-bond acceptors (Lipinski definition) is 1. The summed E-state index contributed by atoms with van der Waals surface area (Å²) < 4.78 is 0. The fourth-order valence-electron chi connectivity index (χ4n) is 5.24. The largest absolute Gasteiger partial charge is 0.385 e. The second kappa shape index (κ2) is 7.99. The van der Waals surface area contributed by atoms with Crippen LogP contribution in [0.5, 0.6) is 0 Å². The van der Waals surface area contributed by atoms with E-state index < -0.39 is 5.60 Å². The van der Waals surface area contributed by atoms with Crippen molar-refractivity contribution in [2.45, 2.75) is 97.0 Å². The number of rotatable bonds is 6. The number of unbranched alkanes of at least 4 members (excludes halogenated alkanes) is 2. The van der Waals surface area contributed by atoms with Gasteiger partial charge in [-0.15, -0.1) is 0 Å². The minimum absolute atomic E-state index is 0.468. The Morgan fingerprint density at radius 2 is 1.95 bits per heavy atom. The molecule has 0 aromatic carbocycles. The molecule has 1 N–H and O–H groups in total. The van der Waals surface area contributed by atoms with Gasteiger partial charge in [0.2, 0.25) is 0 Å². The van der Waals surface area contributed by atoms with E-state index in [4.69, 9.17) is 0 Å². The van der Waals surface area contributed by atoms with Crippen molar-refractivity contribution >= 4 is 0 Å². The topological polar surface area (TPSA) is 20.2 Å². The first kappa shape index (κ1) is 18.0. The molecule has 0 bridgehead atoms. The van der Waals surface area contributed by atoms with Crippen molar-refractivity contribution in [2.75, 3.05) is 0 Å². The molecule has 0 heterocycles. The Bertz CT molecular complexity index is 361. The van der Waals surface area contributed by atoms with Gasteiger partial charge in [0.25, 0.3) is 0 Å². The summed E-state index contributed by atoms with van der Waals surface area (Å²) in [5.41, 5.74) is 0.438. The van der Waals surface area contributed by atoms with Crippen molar-refractivity contribution in [3.05, 3.63) is 12.2 Å². The maximum Gasteiger partial charge on any atom is 0.0884 e. The molecule has 0 aromatic rings. The summed E-state index contributed by atoms with van der Waals surface area (Å²) in [7, 11) is 0. The Morgan fingerprint density at radius 1 is 1.18 bits per heavy atom. The molecule has 2 aliphatic rings. The zero-order valence-corrected chi connectivity index (χ0v) is 15.2. The molecule has 0 saturated heterocycles.